The lowest BCUT2D eigenvalue weighted by atomic mass is 10.2. The van der Waals surface area contributed by atoms with Crippen LogP contribution in [0, 0.1) is 13.8 Å². The van der Waals surface area contributed by atoms with E-state index in [2.05, 4.69) is 26.3 Å². The number of aromatic nitrogens is 2. The molecule has 0 atom stereocenters. The molecule has 0 saturated carbocycles. The first-order valence-corrected chi connectivity index (χ1v) is 10.2. The standard InChI is InChI=1S/C20H26N4OS/c1-15-13-16(2)22-20(21-15)26-14-19(25)23-17-9-5-6-10-18(17)24-11-7-3-4-8-12-24/h5-6,9-10,13H,3-4,7-8,11-12,14H2,1-2H3,(H,23,25). The van der Waals surface area contributed by atoms with Crippen LogP contribution in [0.4, 0.5) is 11.4 Å². The predicted molar refractivity (Wildman–Crippen MR) is 108 cm³/mol. The van der Waals surface area contributed by atoms with E-state index in [1.807, 2.05) is 38.1 Å². The molecule has 1 amide bonds. The van der Waals surface area contributed by atoms with Crippen LogP contribution in [0.3, 0.4) is 0 Å². The molecule has 2 aromatic rings. The van der Waals surface area contributed by atoms with E-state index in [1.54, 1.807) is 0 Å². The number of carbonyl (C=O) groups excluding carboxylic acids is 1. The van der Waals surface area contributed by atoms with Crippen LogP contribution in [0.5, 0.6) is 0 Å². The molecule has 26 heavy (non-hydrogen) atoms. The number of rotatable bonds is 5. The van der Waals surface area contributed by atoms with Crippen molar-refractivity contribution in [3.63, 3.8) is 0 Å². The van der Waals surface area contributed by atoms with Gasteiger partial charge in [-0.05, 0) is 44.9 Å². The van der Waals surface area contributed by atoms with Crippen molar-refractivity contribution in [3.8, 4) is 0 Å². The topological polar surface area (TPSA) is 58.1 Å². The molecular formula is C20H26N4OS. The van der Waals surface area contributed by atoms with Gasteiger partial charge in [0, 0.05) is 24.5 Å². The van der Waals surface area contributed by atoms with Crippen molar-refractivity contribution in [2.24, 2.45) is 0 Å². The number of hydrogen-bond donors (Lipinski definition) is 1. The highest BCUT2D eigenvalue weighted by Crippen LogP contribution is 2.28. The minimum absolute atomic E-state index is 0.0277. The van der Waals surface area contributed by atoms with E-state index in [-0.39, 0.29) is 5.91 Å². The number of nitrogens with zero attached hydrogens (tertiary/aromatic N) is 3. The number of nitrogens with one attached hydrogen (secondary N) is 1. The molecule has 1 N–H and O–H groups in total. The minimum atomic E-state index is -0.0277. The predicted octanol–water partition coefficient (Wildman–Crippen LogP) is 4.20. The van der Waals surface area contributed by atoms with E-state index >= 15 is 0 Å². The van der Waals surface area contributed by atoms with Crippen molar-refractivity contribution in [2.45, 2.75) is 44.7 Å². The van der Waals surface area contributed by atoms with E-state index in [0.29, 0.717) is 10.9 Å². The van der Waals surface area contributed by atoms with Gasteiger partial charge in [0.15, 0.2) is 5.16 Å². The summed E-state index contributed by atoms with van der Waals surface area (Å²) in [7, 11) is 0. The number of amides is 1. The molecule has 0 bridgehead atoms. The summed E-state index contributed by atoms with van der Waals surface area (Å²) in [5.41, 5.74) is 3.86. The Morgan fingerprint density at radius 2 is 1.73 bits per heavy atom. The van der Waals surface area contributed by atoms with Gasteiger partial charge in [-0.15, -0.1) is 0 Å². The summed E-state index contributed by atoms with van der Waals surface area (Å²) in [6.45, 7) is 5.99. The third-order valence-electron chi connectivity index (χ3n) is 4.42. The Labute approximate surface area is 159 Å². The minimum Gasteiger partial charge on any atom is -0.370 e. The molecule has 3 rings (SSSR count). The second-order valence-corrected chi connectivity index (χ2v) is 7.63. The molecule has 1 aliphatic rings. The molecule has 1 aliphatic heterocycles. The molecule has 0 unspecified atom stereocenters. The number of benzene rings is 1. The normalized spacial score (nSPS) is 14.8. The number of carbonyl (C=O) groups is 1. The SMILES string of the molecule is Cc1cc(C)nc(SCC(=O)Nc2ccccc2N2CCCCCC2)n1. The van der Waals surface area contributed by atoms with E-state index in [1.165, 1.54) is 37.4 Å². The van der Waals surface area contributed by atoms with Crippen LogP contribution in [-0.2, 0) is 4.79 Å². The van der Waals surface area contributed by atoms with Gasteiger partial charge in [-0.25, -0.2) is 9.97 Å². The molecule has 6 heteroatoms. The van der Waals surface area contributed by atoms with Crippen LogP contribution in [0.1, 0.15) is 37.1 Å². The Kier molecular flexibility index (Phi) is 6.50. The Balaban J connectivity index is 1.63. The van der Waals surface area contributed by atoms with Gasteiger partial charge in [-0.3, -0.25) is 4.79 Å². The van der Waals surface area contributed by atoms with Crippen molar-refractivity contribution in [1.82, 2.24) is 9.97 Å². The smallest absolute Gasteiger partial charge is 0.234 e. The molecule has 5 nitrogen and oxygen atoms in total. The fourth-order valence-corrected chi connectivity index (χ4v) is 3.99. The second-order valence-electron chi connectivity index (χ2n) is 6.69. The van der Waals surface area contributed by atoms with Crippen LogP contribution in [-0.4, -0.2) is 34.7 Å². The van der Waals surface area contributed by atoms with Gasteiger partial charge in [0.2, 0.25) is 5.91 Å². The van der Waals surface area contributed by atoms with Gasteiger partial charge in [0.25, 0.3) is 0 Å². The summed E-state index contributed by atoms with van der Waals surface area (Å²) in [5.74, 6) is 0.275. The van der Waals surface area contributed by atoms with E-state index < -0.39 is 0 Å². The van der Waals surface area contributed by atoms with Crippen LogP contribution >= 0.6 is 11.8 Å². The third kappa shape index (κ3) is 5.21. The number of thioether (sulfide) groups is 1. The monoisotopic (exact) mass is 370 g/mol. The maximum absolute atomic E-state index is 12.5. The zero-order valence-corrected chi connectivity index (χ0v) is 16.3. The Morgan fingerprint density at radius 3 is 2.42 bits per heavy atom. The zero-order valence-electron chi connectivity index (χ0n) is 15.5. The van der Waals surface area contributed by atoms with Crippen LogP contribution in [0.25, 0.3) is 0 Å². The van der Waals surface area contributed by atoms with Gasteiger partial charge >= 0.3 is 0 Å². The van der Waals surface area contributed by atoms with Gasteiger partial charge in [0.1, 0.15) is 0 Å². The highest BCUT2D eigenvalue weighted by atomic mass is 32.2. The van der Waals surface area contributed by atoms with Gasteiger partial charge in [0.05, 0.1) is 17.1 Å². The number of aryl methyl sites for hydroxylation is 2. The number of hydrogen-bond acceptors (Lipinski definition) is 5. The van der Waals surface area contributed by atoms with Crippen molar-refractivity contribution >= 4 is 29.0 Å². The number of anilines is 2. The van der Waals surface area contributed by atoms with Crippen molar-refractivity contribution in [1.29, 1.82) is 0 Å². The van der Waals surface area contributed by atoms with Gasteiger partial charge < -0.3 is 10.2 Å². The van der Waals surface area contributed by atoms with Crippen LogP contribution < -0.4 is 10.2 Å². The Morgan fingerprint density at radius 1 is 1.08 bits per heavy atom. The Bertz CT molecular complexity index is 737. The van der Waals surface area contributed by atoms with E-state index in [0.717, 1.165) is 35.9 Å². The first-order chi connectivity index (χ1) is 12.6. The van der Waals surface area contributed by atoms with Gasteiger partial charge in [-0.2, -0.15) is 0 Å². The maximum Gasteiger partial charge on any atom is 0.234 e. The lowest BCUT2D eigenvalue weighted by molar-refractivity contribution is -0.113. The molecule has 1 fully saturated rings. The molecule has 1 saturated heterocycles. The summed E-state index contributed by atoms with van der Waals surface area (Å²) >= 11 is 1.37. The van der Waals surface area contributed by atoms with Gasteiger partial charge in [-0.1, -0.05) is 36.7 Å². The molecule has 138 valence electrons. The number of para-hydroxylation sites is 2. The lowest BCUT2D eigenvalue weighted by Crippen LogP contribution is -2.26. The highest BCUT2D eigenvalue weighted by Gasteiger charge is 2.15. The first-order valence-electron chi connectivity index (χ1n) is 9.21. The van der Waals surface area contributed by atoms with E-state index in [4.69, 9.17) is 0 Å². The fourth-order valence-electron chi connectivity index (χ4n) is 3.24. The average molecular weight is 371 g/mol. The van der Waals surface area contributed by atoms with Crippen LogP contribution in [0.15, 0.2) is 35.5 Å². The molecule has 1 aromatic carbocycles. The van der Waals surface area contributed by atoms with Crippen molar-refractivity contribution < 1.29 is 4.79 Å². The first kappa shape index (κ1) is 18.7. The summed E-state index contributed by atoms with van der Waals surface area (Å²) < 4.78 is 0. The maximum atomic E-state index is 12.5. The van der Waals surface area contributed by atoms with Crippen molar-refractivity contribution in [3.05, 3.63) is 41.7 Å². The molecule has 0 aliphatic carbocycles. The molecule has 0 spiro atoms. The van der Waals surface area contributed by atoms with E-state index in [9.17, 15) is 4.79 Å². The fraction of sp³-hybridized carbons (Fsp3) is 0.450. The zero-order chi connectivity index (χ0) is 18.4. The quantitative estimate of drug-likeness (QED) is 0.631. The van der Waals surface area contributed by atoms with Crippen LogP contribution in [0.2, 0.25) is 0 Å². The summed E-state index contributed by atoms with van der Waals surface area (Å²) in [4.78, 5) is 23.6. The Hall–Kier alpha value is -2.08. The largest absolute Gasteiger partial charge is 0.370 e. The summed E-state index contributed by atoms with van der Waals surface area (Å²) in [6, 6.07) is 10.0. The molecule has 2 heterocycles. The molecular weight excluding hydrogens is 344 g/mol. The highest BCUT2D eigenvalue weighted by molar-refractivity contribution is 7.99. The average Bonchev–Trinajstić information content (AvgIpc) is 2.89. The third-order valence-corrected chi connectivity index (χ3v) is 5.27. The lowest BCUT2D eigenvalue weighted by Gasteiger charge is -2.25. The van der Waals surface area contributed by atoms with Crippen molar-refractivity contribution in [2.75, 3.05) is 29.1 Å². The molecule has 1 aromatic heterocycles. The molecule has 0 radical (unpaired) electrons. The second kappa shape index (κ2) is 9.03. The summed E-state index contributed by atoms with van der Waals surface area (Å²) in [6.07, 6.45) is 5.00. The summed E-state index contributed by atoms with van der Waals surface area (Å²) in [5, 5.41) is 3.72.